The summed E-state index contributed by atoms with van der Waals surface area (Å²) in [6, 6.07) is 6.68. The summed E-state index contributed by atoms with van der Waals surface area (Å²) in [5, 5.41) is 19.4. The van der Waals surface area contributed by atoms with Gasteiger partial charge in [-0.1, -0.05) is 23.2 Å². The van der Waals surface area contributed by atoms with E-state index in [-0.39, 0.29) is 18.0 Å². The van der Waals surface area contributed by atoms with Gasteiger partial charge in [-0.2, -0.15) is 10.4 Å². The maximum atomic E-state index is 11.9. The highest BCUT2D eigenvalue weighted by molar-refractivity contribution is 7.98. The average Bonchev–Trinajstić information content (AvgIpc) is 2.88. The Labute approximate surface area is 140 Å². The van der Waals surface area contributed by atoms with Crippen molar-refractivity contribution in [2.45, 2.75) is 5.03 Å². The van der Waals surface area contributed by atoms with Crippen LogP contribution in [-0.4, -0.2) is 29.0 Å². The summed E-state index contributed by atoms with van der Waals surface area (Å²) >= 11 is 13.0. The van der Waals surface area contributed by atoms with E-state index in [9.17, 15) is 4.79 Å². The first-order valence-electron chi connectivity index (χ1n) is 5.95. The number of benzene rings is 1. The zero-order valence-corrected chi connectivity index (χ0v) is 13.6. The number of carbonyl (C=O) groups excluding carboxylic acids is 1. The molecule has 22 heavy (non-hydrogen) atoms. The molecule has 1 aromatic heterocycles. The molecular formula is C13H10Cl2N4O2S. The molecule has 0 saturated heterocycles. The van der Waals surface area contributed by atoms with E-state index in [2.05, 4.69) is 15.5 Å². The van der Waals surface area contributed by atoms with Crippen molar-refractivity contribution in [1.29, 1.82) is 5.26 Å². The fraction of sp³-hybridized carbons (Fsp3) is 0.154. The molecule has 2 N–H and O–H groups in total. The lowest BCUT2D eigenvalue weighted by molar-refractivity contribution is -0.118. The summed E-state index contributed by atoms with van der Waals surface area (Å²) in [5.41, 5.74) is 0.283. The summed E-state index contributed by atoms with van der Waals surface area (Å²) in [5.74, 6) is 0.137. The van der Waals surface area contributed by atoms with Crippen molar-refractivity contribution >= 4 is 46.7 Å². The van der Waals surface area contributed by atoms with Crippen LogP contribution in [0.1, 0.15) is 5.56 Å². The molecule has 0 aliphatic rings. The average molecular weight is 357 g/mol. The van der Waals surface area contributed by atoms with Gasteiger partial charge in [0.05, 0.1) is 5.02 Å². The maximum Gasteiger partial charge on any atom is 0.263 e. The van der Waals surface area contributed by atoms with E-state index < -0.39 is 5.91 Å². The molecule has 0 aliphatic heterocycles. The van der Waals surface area contributed by atoms with Crippen LogP contribution < -0.4 is 10.1 Å². The predicted octanol–water partition coefficient (Wildman–Crippen LogP) is 3.33. The monoisotopic (exact) mass is 356 g/mol. The van der Waals surface area contributed by atoms with Gasteiger partial charge in [0.15, 0.2) is 6.61 Å². The standard InChI is InChI=1S/C13H10Cl2N4O2S/c1-22-13-8(5-16)12(18-19-13)17-11(20)6-21-10-3-2-7(14)4-9(10)15/h2-4H,6H2,1H3,(H2,17,18,19,20). The van der Waals surface area contributed by atoms with Crippen LogP contribution in [-0.2, 0) is 4.79 Å². The highest BCUT2D eigenvalue weighted by Crippen LogP contribution is 2.27. The van der Waals surface area contributed by atoms with Gasteiger partial charge in [0.1, 0.15) is 28.2 Å². The first-order valence-corrected chi connectivity index (χ1v) is 7.93. The lowest BCUT2D eigenvalue weighted by Crippen LogP contribution is -2.21. The Morgan fingerprint density at radius 1 is 1.55 bits per heavy atom. The molecular weight excluding hydrogens is 347 g/mol. The molecule has 114 valence electrons. The smallest absolute Gasteiger partial charge is 0.263 e. The van der Waals surface area contributed by atoms with Gasteiger partial charge in [-0.3, -0.25) is 9.89 Å². The number of thioether (sulfide) groups is 1. The van der Waals surface area contributed by atoms with E-state index in [1.54, 1.807) is 18.4 Å². The van der Waals surface area contributed by atoms with Gasteiger partial charge in [-0.05, 0) is 24.5 Å². The Kier molecular flexibility index (Phi) is 5.55. The summed E-state index contributed by atoms with van der Waals surface area (Å²) < 4.78 is 5.31. The van der Waals surface area contributed by atoms with Crippen LogP contribution in [0.2, 0.25) is 10.0 Å². The normalized spacial score (nSPS) is 10.1. The van der Waals surface area contributed by atoms with Crippen LogP contribution in [0, 0.1) is 11.3 Å². The molecule has 0 bridgehead atoms. The van der Waals surface area contributed by atoms with Crippen molar-refractivity contribution in [3.63, 3.8) is 0 Å². The molecule has 2 rings (SSSR count). The van der Waals surface area contributed by atoms with Crippen molar-refractivity contribution in [3.8, 4) is 11.8 Å². The predicted molar refractivity (Wildman–Crippen MR) is 85.7 cm³/mol. The van der Waals surface area contributed by atoms with E-state index in [0.717, 1.165) is 0 Å². The molecule has 2 aromatic rings. The molecule has 0 fully saturated rings. The number of H-pyrrole nitrogens is 1. The molecule has 0 spiro atoms. The van der Waals surface area contributed by atoms with Crippen molar-refractivity contribution in [3.05, 3.63) is 33.8 Å². The molecule has 0 unspecified atom stereocenters. The second kappa shape index (κ2) is 7.40. The zero-order valence-electron chi connectivity index (χ0n) is 11.3. The zero-order chi connectivity index (χ0) is 16.1. The number of nitriles is 1. The molecule has 6 nitrogen and oxygen atoms in total. The van der Waals surface area contributed by atoms with E-state index in [1.807, 2.05) is 6.07 Å². The van der Waals surface area contributed by atoms with E-state index in [4.69, 9.17) is 33.2 Å². The SMILES string of the molecule is CSc1n[nH]c(NC(=O)COc2ccc(Cl)cc2Cl)c1C#N. The molecule has 1 heterocycles. The fourth-order valence-electron chi connectivity index (χ4n) is 1.58. The Balaban J connectivity index is 1.99. The van der Waals surface area contributed by atoms with Crippen LogP contribution in [0.3, 0.4) is 0 Å². The molecule has 0 aliphatic carbocycles. The highest BCUT2D eigenvalue weighted by atomic mass is 35.5. The minimum absolute atomic E-state index is 0.239. The molecule has 9 heteroatoms. The number of anilines is 1. The topological polar surface area (TPSA) is 90.8 Å². The first kappa shape index (κ1) is 16.5. The second-order valence-electron chi connectivity index (χ2n) is 4.01. The van der Waals surface area contributed by atoms with Gasteiger partial charge < -0.3 is 10.1 Å². The van der Waals surface area contributed by atoms with Gasteiger partial charge in [0.25, 0.3) is 5.91 Å². The lowest BCUT2D eigenvalue weighted by atomic mass is 10.3. The largest absolute Gasteiger partial charge is 0.482 e. The fourth-order valence-corrected chi connectivity index (χ4v) is 2.53. The number of nitrogens with zero attached hydrogens (tertiary/aromatic N) is 2. The Morgan fingerprint density at radius 3 is 2.95 bits per heavy atom. The third-order valence-corrected chi connectivity index (χ3v) is 3.77. The van der Waals surface area contributed by atoms with Gasteiger partial charge in [-0.15, -0.1) is 11.8 Å². The van der Waals surface area contributed by atoms with Gasteiger partial charge in [0, 0.05) is 5.02 Å². The second-order valence-corrected chi connectivity index (χ2v) is 5.64. The van der Waals surface area contributed by atoms with E-state index >= 15 is 0 Å². The number of rotatable bonds is 5. The Hall–Kier alpha value is -1.88. The molecule has 0 atom stereocenters. The van der Waals surface area contributed by atoms with Crippen LogP contribution >= 0.6 is 35.0 Å². The lowest BCUT2D eigenvalue weighted by Gasteiger charge is -2.08. The summed E-state index contributed by atoms with van der Waals surface area (Å²) in [6.45, 7) is -0.264. The number of nitrogens with one attached hydrogen (secondary N) is 2. The Morgan fingerprint density at radius 2 is 2.32 bits per heavy atom. The van der Waals surface area contributed by atoms with Crippen molar-refractivity contribution in [2.75, 3.05) is 18.2 Å². The van der Waals surface area contributed by atoms with E-state index in [0.29, 0.717) is 20.8 Å². The Bertz CT molecular complexity index is 742. The third-order valence-electron chi connectivity index (χ3n) is 2.56. The molecule has 1 aromatic carbocycles. The first-order chi connectivity index (χ1) is 10.5. The summed E-state index contributed by atoms with van der Waals surface area (Å²) in [7, 11) is 0. The van der Waals surface area contributed by atoms with Gasteiger partial charge in [0.2, 0.25) is 0 Å². The van der Waals surface area contributed by atoms with E-state index in [1.165, 1.54) is 17.8 Å². The number of carbonyl (C=O) groups is 1. The summed E-state index contributed by atoms with van der Waals surface area (Å²) in [6.07, 6.45) is 1.79. The number of amides is 1. The summed E-state index contributed by atoms with van der Waals surface area (Å²) in [4.78, 5) is 11.9. The number of aromatic nitrogens is 2. The minimum Gasteiger partial charge on any atom is -0.482 e. The quantitative estimate of drug-likeness (QED) is 0.801. The number of hydrogen-bond acceptors (Lipinski definition) is 5. The van der Waals surface area contributed by atoms with Crippen LogP contribution in [0.15, 0.2) is 23.2 Å². The number of aromatic amines is 1. The minimum atomic E-state index is -0.446. The number of ether oxygens (including phenoxy) is 1. The third kappa shape index (κ3) is 3.85. The maximum absolute atomic E-state index is 11.9. The van der Waals surface area contributed by atoms with Crippen molar-refractivity contribution in [1.82, 2.24) is 10.2 Å². The van der Waals surface area contributed by atoms with Crippen LogP contribution in [0.4, 0.5) is 5.82 Å². The van der Waals surface area contributed by atoms with Crippen LogP contribution in [0.5, 0.6) is 5.75 Å². The van der Waals surface area contributed by atoms with Gasteiger partial charge in [-0.25, -0.2) is 0 Å². The highest BCUT2D eigenvalue weighted by Gasteiger charge is 2.15. The molecule has 1 amide bonds. The van der Waals surface area contributed by atoms with Crippen molar-refractivity contribution in [2.24, 2.45) is 0 Å². The van der Waals surface area contributed by atoms with Crippen LogP contribution in [0.25, 0.3) is 0 Å². The number of hydrogen-bond donors (Lipinski definition) is 2. The molecule has 0 radical (unpaired) electrons. The van der Waals surface area contributed by atoms with Gasteiger partial charge >= 0.3 is 0 Å². The number of halogens is 2. The van der Waals surface area contributed by atoms with Crippen molar-refractivity contribution < 1.29 is 9.53 Å². The molecule has 0 saturated carbocycles.